The minimum atomic E-state index is -0.0666. The van der Waals surface area contributed by atoms with Crippen molar-refractivity contribution in [1.29, 1.82) is 0 Å². The van der Waals surface area contributed by atoms with Crippen LogP contribution in [0.2, 0.25) is 0 Å². The fraction of sp³-hybridized carbons (Fsp3) is 0.533. The first-order chi connectivity index (χ1) is 9.61. The van der Waals surface area contributed by atoms with E-state index in [1.54, 1.807) is 7.11 Å². The monoisotopic (exact) mass is 280 g/mol. The Morgan fingerprint density at radius 3 is 2.85 bits per heavy atom. The zero-order chi connectivity index (χ0) is 14.8. The van der Waals surface area contributed by atoms with Gasteiger partial charge in [0.1, 0.15) is 0 Å². The van der Waals surface area contributed by atoms with Crippen molar-refractivity contribution in [2.45, 2.75) is 26.6 Å². The Hall–Kier alpha value is -1.43. The molecule has 2 N–H and O–H groups in total. The van der Waals surface area contributed by atoms with Crippen LogP contribution in [0.15, 0.2) is 24.3 Å². The van der Waals surface area contributed by atoms with Crippen molar-refractivity contribution in [3.8, 4) is 0 Å². The van der Waals surface area contributed by atoms with Gasteiger partial charge in [0.25, 0.3) is 0 Å². The highest BCUT2D eigenvalue weighted by Crippen LogP contribution is 2.12. The average molecular weight is 280 g/mol. The van der Waals surface area contributed by atoms with Gasteiger partial charge in [-0.2, -0.15) is 0 Å². The van der Waals surface area contributed by atoms with Gasteiger partial charge in [0.05, 0.1) is 25.9 Å². The Morgan fingerprint density at radius 1 is 1.35 bits per heavy atom. The molecular formula is C15H24N2O3. The van der Waals surface area contributed by atoms with Crippen LogP contribution < -0.4 is 10.6 Å². The second-order valence-electron chi connectivity index (χ2n) is 4.78. The molecule has 5 nitrogen and oxygen atoms in total. The highest BCUT2D eigenvalue weighted by atomic mass is 16.5. The summed E-state index contributed by atoms with van der Waals surface area (Å²) in [5, 5.41) is 5.85. The highest BCUT2D eigenvalue weighted by Gasteiger charge is 2.03. The largest absolute Gasteiger partial charge is 0.383 e. The molecule has 1 rings (SSSR count). The first kappa shape index (κ1) is 16.6. The zero-order valence-electron chi connectivity index (χ0n) is 12.4. The van der Waals surface area contributed by atoms with Crippen molar-refractivity contribution in [2.24, 2.45) is 0 Å². The third kappa shape index (κ3) is 7.23. The Balaban J connectivity index is 2.39. The van der Waals surface area contributed by atoms with Crippen molar-refractivity contribution >= 4 is 11.6 Å². The van der Waals surface area contributed by atoms with Gasteiger partial charge in [-0.05, 0) is 31.5 Å². The number of carbonyl (C=O) groups excluding carboxylic acids is 1. The van der Waals surface area contributed by atoms with Gasteiger partial charge in [-0.25, -0.2) is 0 Å². The number of methoxy groups -OCH3 is 1. The quantitative estimate of drug-likeness (QED) is 0.677. The van der Waals surface area contributed by atoms with Crippen LogP contribution in [-0.2, 0) is 20.9 Å². The summed E-state index contributed by atoms with van der Waals surface area (Å²) in [6, 6.07) is 7.68. The van der Waals surface area contributed by atoms with Gasteiger partial charge in [-0.1, -0.05) is 12.1 Å². The molecule has 0 saturated heterocycles. The molecule has 0 aliphatic rings. The molecule has 0 radical (unpaired) electrons. The van der Waals surface area contributed by atoms with Gasteiger partial charge in [0, 0.05) is 19.3 Å². The molecule has 0 aliphatic heterocycles. The van der Waals surface area contributed by atoms with E-state index in [0.29, 0.717) is 19.8 Å². The van der Waals surface area contributed by atoms with Gasteiger partial charge in [0.2, 0.25) is 5.91 Å². The molecule has 0 spiro atoms. The van der Waals surface area contributed by atoms with Crippen LogP contribution in [0.5, 0.6) is 0 Å². The fourth-order valence-corrected chi connectivity index (χ4v) is 1.58. The molecular weight excluding hydrogens is 256 g/mol. The summed E-state index contributed by atoms with van der Waals surface area (Å²) in [7, 11) is 1.63. The number of anilines is 1. The third-order valence-corrected chi connectivity index (χ3v) is 2.56. The number of carbonyl (C=O) groups is 1. The summed E-state index contributed by atoms with van der Waals surface area (Å²) in [6.07, 6.45) is 0.193. The highest BCUT2D eigenvalue weighted by molar-refractivity contribution is 5.92. The van der Waals surface area contributed by atoms with Crippen LogP contribution in [0.25, 0.3) is 0 Å². The second kappa shape index (κ2) is 9.47. The predicted molar refractivity (Wildman–Crippen MR) is 79.7 cm³/mol. The Bertz CT molecular complexity index is 408. The lowest BCUT2D eigenvalue weighted by atomic mass is 10.2. The average Bonchev–Trinajstić information content (AvgIpc) is 2.42. The van der Waals surface area contributed by atoms with E-state index in [9.17, 15) is 4.79 Å². The summed E-state index contributed by atoms with van der Waals surface area (Å²) >= 11 is 0. The van der Waals surface area contributed by atoms with E-state index < -0.39 is 0 Å². The number of hydrogen-bond donors (Lipinski definition) is 2. The molecule has 0 atom stereocenters. The lowest BCUT2D eigenvalue weighted by Gasteiger charge is -2.10. The molecule has 1 aromatic carbocycles. The van der Waals surface area contributed by atoms with Crippen molar-refractivity contribution in [3.05, 3.63) is 29.8 Å². The maximum Gasteiger partial charge on any atom is 0.238 e. The fourth-order valence-electron chi connectivity index (χ4n) is 1.58. The van der Waals surface area contributed by atoms with E-state index in [-0.39, 0.29) is 18.6 Å². The molecule has 112 valence electrons. The van der Waals surface area contributed by atoms with E-state index in [1.165, 1.54) is 0 Å². The number of rotatable bonds is 9. The summed E-state index contributed by atoms with van der Waals surface area (Å²) in [5.74, 6) is -0.0666. The summed E-state index contributed by atoms with van der Waals surface area (Å²) in [4.78, 5) is 11.7. The molecule has 5 heteroatoms. The number of benzene rings is 1. The minimum Gasteiger partial charge on any atom is -0.383 e. The molecule has 1 aromatic rings. The van der Waals surface area contributed by atoms with Crippen LogP contribution >= 0.6 is 0 Å². The molecule has 20 heavy (non-hydrogen) atoms. The van der Waals surface area contributed by atoms with E-state index >= 15 is 0 Å². The van der Waals surface area contributed by atoms with Gasteiger partial charge >= 0.3 is 0 Å². The van der Waals surface area contributed by atoms with Gasteiger partial charge in [-0.3, -0.25) is 4.79 Å². The molecule has 0 unspecified atom stereocenters. The van der Waals surface area contributed by atoms with Crippen molar-refractivity contribution < 1.29 is 14.3 Å². The maximum absolute atomic E-state index is 11.7. The molecule has 0 heterocycles. The minimum absolute atomic E-state index is 0.0666. The smallest absolute Gasteiger partial charge is 0.238 e. The number of ether oxygens (including phenoxy) is 2. The van der Waals surface area contributed by atoms with E-state index in [1.807, 2.05) is 38.1 Å². The van der Waals surface area contributed by atoms with Crippen LogP contribution in [0.4, 0.5) is 5.69 Å². The van der Waals surface area contributed by atoms with Crippen molar-refractivity contribution in [3.63, 3.8) is 0 Å². The van der Waals surface area contributed by atoms with Crippen LogP contribution in [0, 0.1) is 0 Å². The number of amides is 1. The molecule has 0 aromatic heterocycles. The maximum atomic E-state index is 11.7. The Morgan fingerprint density at radius 2 is 2.15 bits per heavy atom. The number of hydrogen-bond acceptors (Lipinski definition) is 4. The first-order valence-electron chi connectivity index (χ1n) is 6.82. The predicted octanol–water partition coefficient (Wildman–Crippen LogP) is 1.79. The van der Waals surface area contributed by atoms with Crippen LogP contribution in [-0.4, -0.2) is 38.8 Å². The molecule has 0 fully saturated rings. The molecule has 1 amide bonds. The molecule has 0 bridgehead atoms. The van der Waals surface area contributed by atoms with E-state index in [4.69, 9.17) is 9.47 Å². The van der Waals surface area contributed by atoms with E-state index in [0.717, 1.165) is 11.3 Å². The third-order valence-electron chi connectivity index (χ3n) is 2.56. The van der Waals surface area contributed by atoms with Gasteiger partial charge in [0.15, 0.2) is 0 Å². The lowest BCUT2D eigenvalue weighted by molar-refractivity contribution is -0.115. The molecule has 0 aliphatic carbocycles. The number of nitrogens with one attached hydrogen (secondary N) is 2. The summed E-state index contributed by atoms with van der Waals surface area (Å²) < 4.78 is 10.4. The Labute approximate surface area is 120 Å². The van der Waals surface area contributed by atoms with E-state index in [2.05, 4.69) is 10.6 Å². The van der Waals surface area contributed by atoms with Crippen molar-refractivity contribution in [2.75, 3.05) is 32.1 Å². The standard InChI is InChI=1S/C15H24N2O3/c1-12(2)20-11-13-5-4-6-14(9-13)17-15(18)10-16-7-8-19-3/h4-6,9,12,16H,7-8,10-11H2,1-3H3,(H,17,18). The Kier molecular flexibility index (Phi) is 7.87. The van der Waals surface area contributed by atoms with Crippen LogP contribution in [0.1, 0.15) is 19.4 Å². The zero-order valence-corrected chi connectivity index (χ0v) is 12.4. The van der Waals surface area contributed by atoms with Gasteiger partial charge < -0.3 is 20.1 Å². The molecule has 0 saturated carbocycles. The normalized spacial score (nSPS) is 10.8. The van der Waals surface area contributed by atoms with Gasteiger partial charge in [-0.15, -0.1) is 0 Å². The lowest BCUT2D eigenvalue weighted by Crippen LogP contribution is -2.30. The summed E-state index contributed by atoms with van der Waals surface area (Å²) in [6.45, 7) is 6.07. The first-order valence-corrected chi connectivity index (χ1v) is 6.82. The second-order valence-corrected chi connectivity index (χ2v) is 4.78. The van der Waals surface area contributed by atoms with Crippen LogP contribution in [0.3, 0.4) is 0 Å². The summed E-state index contributed by atoms with van der Waals surface area (Å²) in [5.41, 5.74) is 1.83. The van der Waals surface area contributed by atoms with Crippen molar-refractivity contribution in [1.82, 2.24) is 5.32 Å². The SMILES string of the molecule is COCCNCC(=O)Nc1cccc(COC(C)C)c1. The topological polar surface area (TPSA) is 59.6 Å².